The highest BCUT2D eigenvalue weighted by Gasteiger charge is 2.29. The Bertz CT molecular complexity index is 944. The number of nitro benzene ring substituents is 1. The van der Waals surface area contributed by atoms with Crippen molar-refractivity contribution in [3.05, 3.63) is 64.0 Å². The van der Waals surface area contributed by atoms with Gasteiger partial charge in [-0.15, -0.1) is 0 Å². The molecule has 0 atom stereocenters. The lowest BCUT2D eigenvalue weighted by molar-refractivity contribution is -0.386. The van der Waals surface area contributed by atoms with Crippen molar-refractivity contribution in [2.24, 2.45) is 0 Å². The standard InChI is InChI=1S/C17H17FN2O6S/c18-14-3-1-2-13(10-14)12-26-17-5-4-15(11-16(17)20(21)22)27(23,24)19-6-8-25-9-7-19/h1-5,10-11H,6-9,12H2. The van der Waals surface area contributed by atoms with Gasteiger partial charge in [-0.1, -0.05) is 12.1 Å². The van der Waals surface area contributed by atoms with Crippen LogP contribution < -0.4 is 4.74 Å². The van der Waals surface area contributed by atoms with Crippen LogP contribution in [0.5, 0.6) is 5.75 Å². The predicted molar refractivity (Wildman–Crippen MR) is 93.4 cm³/mol. The largest absolute Gasteiger partial charge is 0.482 e. The first-order chi connectivity index (χ1) is 12.9. The fourth-order valence-corrected chi connectivity index (χ4v) is 4.07. The maximum absolute atomic E-state index is 13.2. The summed E-state index contributed by atoms with van der Waals surface area (Å²) in [5.74, 6) is -0.539. The van der Waals surface area contributed by atoms with E-state index in [1.807, 2.05) is 0 Å². The molecule has 8 nitrogen and oxygen atoms in total. The van der Waals surface area contributed by atoms with Gasteiger partial charge in [-0.25, -0.2) is 12.8 Å². The quantitative estimate of drug-likeness (QED) is 0.549. The highest BCUT2D eigenvalue weighted by molar-refractivity contribution is 7.89. The number of hydrogen-bond donors (Lipinski definition) is 0. The van der Waals surface area contributed by atoms with Crippen molar-refractivity contribution >= 4 is 15.7 Å². The van der Waals surface area contributed by atoms with E-state index in [0.717, 1.165) is 6.07 Å². The molecule has 0 radical (unpaired) electrons. The van der Waals surface area contributed by atoms with E-state index < -0.39 is 26.5 Å². The molecule has 2 aromatic rings. The average Bonchev–Trinajstić information content (AvgIpc) is 2.67. The number of morpholine rings is 1. The van der Waals surface area contributed by atoms with Gasteiger partial charge in [0.1, 0.15) is 12.4 Å². The van der Waals surface area contributed by atoms with Gasteiger partial charge >= 0.3 is 5.69 Å². The molecule has 1 aliphatic heterocycles. The molecule has 0 bridgehead atoms. The fourth-order valence-electron chi connectivity index (χ4n) is 2.65. The molecule has 3 rings (SSSR count). The lowest BCUT2D eigenvalue weighted by Gasteiger charge is -2.26. The molecule has 0 N–H and O–H groups in total. The number of sulfonamides is 1. The van der Waals surface area contributed by atoms with Gasteiger partial charge < -0.3 is 9.47 Å². The van der Waals surface area contributed by atoms with E-state index in [-0.39, 0.29) is 43.6 Å². The third-order valence-corrected chi connectivity index (χ3v) is 5.91. The molecule has 1 aliphatic rings. The molecule has 0 spiro atoms. The Labute approximate surface area is 155 Å². The van der Waals surface area contributed by atoms with Gasteiger partial charge in [-0.05, 0) is 29.8 Å². The lowest BCUT2D eigenvalue weighted by Crippen LogP contribution is -2.40. The van der Waals surface area contributed by atoms with Crippen molar-refractivity contribution in [1.29, 1.82) is 0 Å². The van der Waals surface area contributed by atoms with Gasteiger partial charge in [0.25, 0.3) is 0 Å². The van der Waals surface area contributed by atoms with E-state index in [9.17, 15) is 22.9 Å². The normalized spacial score (nSPS) is 15.4. The highest BCUT2D eigenvalue weighted by atomic mass is 32.2. The summed E-state index contributed by atoms with van der Waals surface area (Å²) < 4.78 is 50.3. The molecule has 27 heavy (non-hydrogen) atoms. The summed E-state index contributed by atoms with van der Waals surface area (Å²) in [5, 5.41) is 11.4. The van der Waals surface area contributed by atoms with Crippen LogP contribution in [0.1, 0.15) is 5.56 Å². The zero-order chi connectivity index (χ0) is 19.4. The highest BCUT2D eigenvalue weighted by Crippen LogP contribution is 2.31. The van der Waals surface area contributed by atoms with Crippen molar-refractivity contribution in [2.45, 2.75) is 11.5 Å². The van der Waals surface area contributed by atoms with E-state index >= 15 is 0 Å². The molecular formula is C17H17FN2O6S. The third kappa shape index (κ3) is 4.41. The van der Waals surface area contributed by atoms with Crippen molar-refractivity contribution in [3.8, 4) is 5.75 Å². The number of halogens is 1. The second-order valence-corrected chi connectivity index (χ2v) is 7.76. The Balaban J connectivity index is 1.85. The summed E-state index contributed by atoms with van der Waals surface area (Å²) >= 11 is 0. The van der Waals surface area contributed by atoms with Gasteiger partial charge in [-0.2, -0.15) is 4.31 Å². The minimum atomic E-state index is -3.86. The van der Waals surface area contributed by atoms with Crippen molar-refractivity contribution in [1.82, 2.24) is 4.31 Å². The SMILES string of the molecule is O=[N+]([O-])c1cc(S(=O)(=O)N2CCOCC2)ccc1OCc1cccc(F)c1. The summed E-state index contributed by atoms with van der Waals surface area (Å²) in [7, 11) is -3.86. The third-order valence-electron chi connectivity index (χ3n) is 4.02. The Morgan fingerprint density at radius 3 is 2.59 bits per heavy atom. The van der Waals surface area contributed by atoms with Gasteiger partial charge in [0, 0.05) is 19.2 Å². The molecule has 10 heteroatoms. The molecule has 0 saturated carbocycles. The number of nitrogens with zero attached hydrogens (tertiary/aromatic N) is 2. The molecule has 1 fully saturated rings. The lowest BCUT2D eigenvalue weighted by atomic mass is 10.2. The van der Waals surface area contributed by atoms with Crippen molar-refractivity contribution < 1.29 is 27.2 Å². The van der Waals surface area contributed by atoms with Gasteiger partial charge in [0.15, 0.2) is 5.75 Å². The van der Waals surface area contributed by atoms with E-state index in [2.05, 4.69) is 0 Å². The maximum atomic E-state index is 13.2. The molecule has 0 amide bonds. The molecule has 0 unspecified atom stereocenters. The first-order valence-electron chi connectivity index (χ1n) is 8.11. The average molecular weight is 396 g/mol. The fraction of sp³-hybridized carbons (Fsp3) is 0.294. The Morgan fingerprint density at radius 1 is 1.19 bits per heavy atom. The summed E-state index contributed by atoms with van der Waals surface area (Å²) in [6.45, 7) is 0.836. The number of nitro groups is 1. The van der Waals surface area contributed by atoms with Gasteiger partial charge in [0.2, 0.25) is 10.0 Å². The Morgan fingerprint density at radius 2 is 1.93 bits per heavy atom. The Hall–Kier alpha value is -2.56. The molecule has 1 heterocycles. The summed E-state index contributed by atoms with van der Waals surface area (Å²) in [6, 6.07) is 9.13. The van der Waals surface area contributed by atoms with E-state index in [1.165, 1.54) is 34.6 Å². The van der Waals surface area contributed by atoms with Crippen LogP contribution in [0.2, 0.25) is 0 Å². The number of benzene rings is 2. The van der Waals surface area contributed by atoms with Gasteiger partial charge in [-0.3, -0.25) is 10.1 Å². The molecule has 1 saturated heterocycles. The van der Waals surface area contributed by atoms with Gasteiger partial charge in [0.05, 0.1) is 23.0 Å². The molecule has 144 valence electrons. The molecule has 2 aromatic carbocycles. The van der Waals surface area contributed by atoms with Crippen LogP contribution in [0.3, 0.4) is 0 Å². The first kappa shape index (κ1) is 19.2. The molecular weight excluding hydrogens is 379 g/mol. The molecule has 0 aromatic heterocycles. The van der Waals surface area contributed by atoms with Crippen LogP contribution in [0.4, 0.5) is 10.1 Å². The zero-order valence-corrected chi connectivity index (χ0v) is 15.0. The zero-order valence-electron chi connectivity index (χ0n) is 14.2. The number of hydrogen-bond acceptors (Lipinski definition) is 6. The van der Waals surface area contributed by atoms with Crippen LogP contribution in [0, 0.1) is 15.9 Å². The van der Waals surface area contributed by atoms with Crippen LogP contribution >= 0.6 is 0 Å². The topological polar surface area (TPSA) is 99.0 Å². The van der Waals surface area contributed by atoms with E-state index in [4.69, 9.17) is 9.47 Å². The van der Waals surface area contributed by atoms with E-state index in [1.54, 1.807) is 6.07 Å². The van der Waals surface area contributed by atoms with Crippen molar-refractivity contribution in [3.63, 3.8) is 0 Å². The van der Waals surface area contributed by atoms with Crippen LogP contribution in [0.25, 0.3) is 0 Å². The van der Waals surface area contributed by atoms with Crippen LogP contribution in [-0.2, 0) is 21.4 Å². The number of ether oxygens (including phenoxy) is 2. The van der Waals surface area contributed by atoms with Crippen molar-refractivity contribution in [2.75, 3.05) is 26.3 Å². The van der Waals surface area contributed by atoms with Crippen LogP contribution in [-0.4, -0.2) is 43.9 Å². The summed E-state index contributed by atoms with van der Waals surface area (Å²) in [5.41, 5.74) is 0.0232. The molecule has 0 aliphatic carbocycles. The maximum Gasteiger partial charge on any atom is 0.312 e. The van der Waals surface area contributed by atoms with E-state index in [0.29, 0.717) is 5.56 Å². The number of rotatable bonds is 6. The second kappa shape index (κ2) is 7.99. The second-order valence-electron chi connectivity index (χ2n) is 5.82. The minimum Gasteiger partial charge on any atom is -0.482 e. The summed E-state index contributed by atoms with van der Waals surface area (Å²) in [4.78, 5) is 10.5. The summed E-state index contributed by atoms with van der Waals surface area (Å²) in [6.07, 6.45) is 0. The first-order valence-corrected chi connectivity index (χ1v) is 9.55. The monoisotopic (exact) mass is 396 g/mol. The smallest absolute Gasteiger partial charge is 0.312 e. The predicted octanol–water partition coefficient (Wildman–Crippen LogP) is 2.33. The minimum absolute atomic E-state index is 0.0891. The van der Waals surface area contributed by atoms with Crippen LogP contribution in [0.15, 0.2) is 47.4 Å². The Kier molecular flexibility index (Phi) is 5.68.